The summed E-state index contributed by atoms with van der Waals surface area (Å²) in [6.45, 7) is 0. The fourth-order valence-corrected chi connectivity index (χ4v) is 4.41. The number of hydrogen-bond acceptors (Lipinski definition) is 7. The van der Waals surface area contributed by atoms with Gasteiger partial charge in [0.05, 0.1) is 39.8 Å². The molecule has 0 aromatic heterocycles. The van der Waals surface area contributed by atoms with Crippen molar-refractivity contribution >= 4 is 27.5 Å². The van der Waals surface area contributed by atoms with E-state index in [-0.39, 0.29) is 11.7 Å². The second kappa shape index (κ2) is 11.4. The van der Waals surface area contributed by atoms with Crippen LogP contribution in [0.5, 0.6) is 23.0 Å². The van der Waals surface area contributed by atoms with Crippen LogP contribution in [-0.4, -0.2) is 42.8 Å². The number of amides is 1. The average Bonchev–Trinajstić information content (AvgIpc) is 3.12. The summed E-state index contributed by atoms with van der Waals surface area (Å²) >= 11 is 0. The zero-order valence-corrected chi connectivity index (χ0v) is 20.7. The Bertz CT molecular complexity index is 1290. The zero-order chi connectivity index (χ0) is 25.4. The second-order valence-corrected chi connectivity index (χ2v) is 9.33. The van der Waals surface area contributed by atoms with Gasteiger partial charge in [-0.05, 0) is 42.0 Å². The first kappa shape index (κ1) is 25.6. The highest BCUT2D eigenvalue weighted by Gasteiger charge is 2.14. The summed E-state index contributed by atoms with van der Waals surface area (Å²) in [7, 11) is 2.60. The molecule has 2 bridgehead atoms. The van der Waals surface area contributed by atoms with E-state index in [9.17, 15) is 13.2 Å². The molecule has 1 heterocycles. The lowest BCUT2D eigenvalue weighted by molar-refractivity contribution is 0.103. The second-order valence-electron chi connectivity index (χ2n) is 7.44. The first-order valence-corrected chi connectivity index (χ1v) is 12.2. The van der Waals surface area contributed by atoms with Crippen molar-refractivity contribution < 1.29 is 32.2 Å². The highest BCUT2D eigenvalue weighted by molar-refractivity contribution is 7.93. The normalized spacial score (nSPS) is 11.9. The lowest BCUT2D eigenvalue weighted by Crippen LogP contribution is -2.02. The number of sulfone groups is 1. The molecule has 9 heteroatoms. The summed E-state index contributed by atoms with van der Waals surface area (Å²) in [5.74, 6) is 2.03. The predicted octanol–water partition coefficient (Wildman–Crippen LogP) is 4.56. The van der Waals surface area contributed by atoms with E-state index in [1.165, 1.54) is 27.4 Å². The molecular weight excluding hydrogens is 470 g/mol. The molecule has 0 aliphatic carbocycles. The standard InChI is InChI=1S/C19H22O6S.C7H5NO/c1-22-15-7-5-14(6-8-15)13-26(20,21)10-9-17-18(24-3)11-16(23-2)12-19(17)25-4;9-7-5-2-1-3-6(4-5)8-7/h5-12H,13H2,1-4H3;1-4H,(H,8,9). The van der Waals surface area contributed by atoms with Gasteiger partial charge in [0, 0.05) is 28.8 Å². The van der Waals surface area contributed by atoms with Crippen molar-refractivity contribution in [2.24, 2.45) is 0 Å². The minimum atomic E-state index is -3.48. The summed E-state index contributed by atoms with van der Waals surface area (Å²) in [5.41, 5.74) is 2.85. The predicted molar refractivity (Wildman–Crippen MR) is 135 cm³/mol. The smallest absolute Gasteiger partial charge is 0.255 e. The van der Waals surface area contributed by atoms with E-state index in [0.717, 1.165) is 16.7 Å². The lowest BCUT2D eigenvalue weighted by Gasteiger charge is -2.12. The van der Waals surface area contributed by atoms with Gasteiger partial charge in [-0.25, -0.2) is 8.42 Å². The summed E-state index contributed by atoms with van der Waals surface area (Å²) in [6.07, 6.45) is 1.47. The van der Waals surface area contributed by atoms with Crippen LogP contribution in [0.25, 0.3) is 6.08 Å². The largest absolute Gasteiger partial charge is 0.497 e. The van der Waals surface area contributed by atoms with Crippen LogP contribution < -0.4 is 24.3 Å². The van der Waals surface area contributed by atoms with E-state index in [1.807, 2.05) is 18.2 Å². The van der Waals surface area contributed by atoms with E-state index < -0.39 is 9.84 Å². The molecule has 3 aromatic rings. The monoisotopic (exact) mass is 497 g/mol. The van der Waals surface area contributed by atoms with E-state index in [4.69, 9.17) is 18.9 Å². The number of rotatable bonds is 8. The lowest BCUT2D eigenvalue weighted by atomic mass is 10.1. The Hall–Kier alpha value is -3.98. The maximum atomic E-state index is 12.4. The Balaban J connectivity index is 0.000000313. The number of ether oxygens (including phenoxy) is 4. The molecule has 0 saturated heterocycles. The summed E-state index contributed by atoms with van der Waals surface area (Å²) in [6, 6.07) is 17.6. The molecule has 3 aromatic carbocycles. The molecule has 1 amide bonds. The van der Waals surface area contributed by atoms with Gasteiger partial charge in [-0.3, -0.25) is 4.79 Å². The quantitative estimate of drug-likeness (QED) is 0.487. The summed E-state index contributed by atoms with van der Waals surface area (Å²) in [4.78, 5) is 10.8. The molecule has 1 N–H and O–H groups in total. The number of hydrogen-bond donors (Lipinski definition) is 1. The number of carbonyl (C=O) groups is 1. The van der Waals surface area contributed by atoms with Gasteiger partial charge < -0.3 is 24.3 Å². The van der Waals surface area contributed by atoms with E-state index in [1.54, 1.807) is 49.6 Å². The molecule has 0 atom stereocenters. The van der Waals surface area contributed by atoms with Gasteiger partial charge in [0.1, 0.15) is 23.0 Å². The van der Waals surface area contributed by atoms with Crippen LogP contribution in [0.3, 0.4) is 0 Å². The van der Waals surface area contributed by atoms with Crippen LogP contribution in [-0.2, 0) is 15.6 Å². The van der Waals surface area contributed by atoms with Gasteiger partial charge >= 0.3 is 0 Å². The Morgan fingerprint density at radius 2 is 1.43 bits per heavy atom. The molecule has 35 heavy (non-hydrogen) atoms. The number of benzene rings is 3. The van der Waals surface area contributed by atoms with Gasteiger partial charge in [0.2, 0.25) is 0 Å². The van der Waals surface area contributed by atoms with Crippen LogP contribution in [0.2, 0.25) is 0 Å². The molecule has 0 unspecified atom stereocenters. The van der Waals surface area contributed by atoms with Gasteiger partial charge in [-0.1, -0.05) is 18.2 Å². The Kier molecular flexibility index (Phi) is 8.38. The summed E-state index contributed by atoms with van der Waals surface area (Å²) in [5, 5.41) is 3.84. The van der Waals surface area contributed by atoms with Crippen molar-refractivity contribution in [3.8, 4) is 23.0 Å². The molecule has 4 rings (SSSR count). The topological polar surface area (TPSA) is 100 Å². The van der Waals surface area contributed by atoms with Crippen molar-refractivity contribution in [1.29, 1.82) is 0 Å². The fourth-order valence-electron chi connectivity index (χ4n) is 3.31. The van der Waals surface area contributed by atoms with Crippen LogP contribution in [0.4, 0.5) is 5.69 Å². The molecule has 0 spiro atoms. The van der Waals surface area contributed by atoms with Crippen molar-refractivity contribution in [2.45, 2.75) is 5.75 Å². The van der Waals surface area contributed by atoms with Crippen molar-refractivity contribution in [1.82, 2.24) is 0 Å². The van der Waals surface area contributed by atoms with E-state index in [0.29, 0.717) is 34.1 Å². The number of carbonyl (C=O) groups excluding carboxylic acids is 1. The fraction of sp³-hybridized carbons (Fsp3) is 0.192. The van der Waals surface area contributed by atoms with Crippen LogP contribution >= 0.6 is 0 Å². The third kappa shape index (κ3) is 6.77. The Morgan fingerprint density at radius 1 is 0.800 bits per heavy atom. The molecule has 0 saturated carbocycles. The van der Waals surface area contributed by atoms with Gasteiger partial charge in [0.15, 0.2) is 9.84 Å². The minimum Gasteiger partial charge on any atom is -0.497 e. The van der Waals surface area contributed by atoms with Crippen LogP contribution in [0.1, 0.15) is 21.5 Å². The molecule has 1 aliphatic heterocycles. The molecule has 0 radical (unpaired) electrons. The van der Waals surface area contributed by atoms with Crippen molar-refractivity contribution in [2.75, 3.05) is 33.8 Å². The van der Waals surface area contributed by atoms with Crippen molar-refractivity contribution in [3.63, 3.8) is 0 Å². The van der Waals surface area contributed by atoms with E-state index in [2.05, 4.69) is 5.32 Å². The zero-order valence-electron chi connectivity index (χ0n) is 19.9. The Labute approximate surface area is 205 Å². The van der Waals surface area contributed by atoms with Gasteiger partial charge in [-0.2, -0.15) is 0 Å². The average molecular weight is 498 g/mol. The highest BCUT2D eigenvalue weighted by Crippen LogP contribution is 2.35. The third-order valence-electron chi connectivity index (χ3n) is 5.10. The van der Waals surface area contributed by atoms with Crippen LogP contribution in [0.15, 0.2) is 66.1 Å². The minimum absolute atomic E-state index is 0.00926. The number of fused-ring (bicyclic) bond motifs is 2. The van der Waals surface area contributed by atoms with E-state index >= 15 is 0 Å². The SMILES string of the molecule is COc1ccc(CS(=O)(=O)C=Cc2c(OC)cc(OC)cc2OC)cc1.O=C1Nc2cccc1c2. The molecule has 184 valence electrons. The van der Waals surface area contributed by atoms with Crippen molar-refractivity contribution in [3.05, 3.63) is 82.8 Å². The first-order valence-electron chi connectivity index (χ1n) is 10.5. The maximum absolute atomic E-state index is 12.4. The Morgan fingerprint density at radius 3 is 1.94 bits per heavy atom. The molecule has 1 aliphatic rings. The third-order valence-corrected chi connectivity index (χ3v) is 6.39. The van der Waals surface area contributed by atoms with Gasteiger partial charge in [0.25, 0.3) is 5.91 Å². The first-order chi connectivity index (χ1) is 16.8. The number of methoxy groups -OCH3 is 4. The maximum Gasteiger partial charge on any atom is 0.255 e. The van der Waals surface area contributed by atoms with Gasteiger partial charge in [-0.15, -0.1) is 0 Å². The molecule has 0 fully saturated rings. The number of nitrogens with one attached hydrogen (secondary N) is 1. The molecular formula is C26H27NO7S. The van der Waals surface area contributed by atoms with Crippen LogP contribution in [0, 0.1) is 0 Å². The highest BCUT2D eigenvalue weighted by atomic mass is 32.2. The number of anilines is 1. The molecule has 8 nitrogen and oxygen atoms in total. The summed E-state index contributed by atoms with van der Waals surface area (Å²) < 4.78 is 45.7.